The summed E-state index contributed by atoms with van der Waals surface area (Å²) in [5, 5.41) is 7.72. The van der Waals surface area contributed by atoms with Crippen molar-refractivity contribution in [3.05, 3.63) is 29.3 Å². The molecule has 0 bridgehead atoms. The minimum Gasteiger partial charge on any atom is -0.497 e. The Labute approximate surface area is 150 Å². The monoisotopic (exact) mass is 340 g/mol. The lowest BCUT2D eigenvalue weighted by Crippen LogP contribution is -2.06. The summed E-state index contributed by atoms with van der Waals surface area (Å²) >= 11 is 0. The normalized spacial score (nSPS) is 13.6. The van der Waals surface area contributed by atoms with Crippen LogP contribution in [0.4, 0.5) is 0 Å². The van der Waals surface area contributed by atoms with Gasteiger partial charge in [0.1, 0.15) is 5.75 Å². The topological polar surface area (TPSA) is 46.5 Å². The van der Waals surface area contributed by atoms with Crippen molar-refractivity contribution < 1.29 is 14.6 Å². The van der Waals surface area contributed by atoms with Gasteiger partial charge in [-0.15, -0.1) is 0 Å². The number of ether oxygens (including phenoxy) is 1. The van der Waals surface area contributed by atoms with Crippen LogP contribution in [-0.4, -0.2) is 18.2 Å². The summed E-state index contributed by atoms with van der Waals surface area (Å²) in [7, 11) is 1.73. The Bertz CT molecular complexity index is 400. The zero-order chi connectivity index (χ0) is 19.5. The fourth-order valence-electron chi connectivity index (χ4n) is 2.14. The van der Waals surface area contributed by atoms with Gasteiger partial charge in [-0.25, -0.2) is 0 Å². The molecular weight excluding hydrogens is 300 g/mol. The molecule has 1 unspecified atom stereocenters. The molecule has 24 heavy (non-hydrogen) atoms. The van der Waals surface area contributed by atoms with Gasteiger partial charge in [0.2, 0.25) is 0 Å². The van der Waals surface area contributed by atoms with Crippen LogP contribution in [0.5, 0.6) is 5.75 Å². The number of carboxylic acid groups (broad SMARTS) is 1. The molecule has 0 spiro atoms. The second-order valence-electron chi connectivity index (χ2n) is 4.61. The van der Waals surface area contributed by atoms with E-state index in [2.05, 4.69) is 25.1 Å². The van der Waals surface area contributed by atoms with E-state index in [-0.39, 0.29) is 6.42 Å². The Morgan fingerprint density at radius 2 is 1.67 bits per heavy atom. The molecule has 142 valence electrons. The van der Waals surface area contributed by atoms with E-state index in [1.807, 2.05) is 41.5 Å². The number of hydrogen-bond donors (Lipinski definition) is 1. The molecular formula is C21H40O3. The highest BCUT2D eigenvalue weighted by Gasteiger charge is 2.16. The number of hydrogen-bond acceptors (Lipinski definition) is 2. The minimum absolute atomic E-state index is 0.222. The first-order valence-electron chi connectivity index (χ1n) is 9.47. The standard InChI is InChI=1S/C12H16O.C3H6O2.3C2H6/c1-9-4-3-5-10-6-7-11(13-2)8-12(9)10;1-2-3(4)5;3*1-2/h6-9H,3-5H2,1-2H3;2H2,1H3,(H,4,5);3*1-2H3. The van der Waals surface area contributed by atoms with Gasteiger partial charge in [-0.05, 0) is 48.4 Å². The SMILES string of the molecule is CC.CC.CC.CCC(=O)O.COc1ccc2c(c1)C(C)CCC2. The molecule has 0 aromatic heterocycles. The Morgan fingerprint density at radius 1 is 1.17 bits per heavy atom. The third-order valence-corrected chi connectivity index (χ3v) is 3.27. The molecule has 1 aliphatic rings. The van der Waals surface area contributed by atoms with Crippen LogP contribution in [0.15, 0.2) is 18.2 Å². The van der Waals surface area contributed by atoms with Gasteiger partial charge in [-0.2, -0.15) is 0 Å². The summed E-state index contributed by atoms with van der Waals surface area (Å²) in [5.41, 5.74) is 3.00. The Kier molecular flexibility index (Phi) is 22.3. The van der Waals surface area contributed by atoms with E-state index >= 15 is 0 Å². The molecule has 1 atom stereocenters. The highest BCUT2D eigenvalue weighted by molar-refractivity contribution is 5.66. The second kappa shape index (κ2) is 19.5. The maximum absolute atomic E-state index is 9.37. The van der Waals surface area contributed by atoms with Crippen molar-refractivity contribution in [1.82, 2.24) is 0 Å². The summed E-state index contributed by atoms with van der Waals surface area (Å²) < 4.78 is 5.23. The summed E-state index contributed by atoms with van der Waals surface area (Å²) in [5.74, 6) is 0.955. The van der Waals surface area contributed by atoms with Crippen LogP contribution in [-0.2, 0) is 11.2 Å². The van der Waals surface area contributed by atoms with Gasteiger partial charge in [-0.3, -0.25) is 4.79 Å². The average Bonchev–Trinajstić information content (AvgIpc) is 2.67. The summed E-state index contributed by atoms with van der Waals surface area (Å²) in [6.45, 7) is 15.9. The fraction of sp³-hybridized carbons (Fsp3) is 0.667. The number of aryl methyl sites for hydroxylation is 1. The lowest BCUT2D eigenvalue weighted by molar-refractivity contribution is -0.136. The van der Waals surface area contributed by atoms with Crippen molar-refractivity contribution in [2.75, 3.05) is 7.11 Å². The van der Waals surface area contributed by atoms with Gasteiger partial charge < -0.3 is 9.84 Å². The van der Waals surface area contributed by atoms with E-state index in [9.17, 15) is 4.79 Å². The Morgan fingerprint density at radius 3 is 2.08 bits per heavy atom. The van der Waals surface area contributed by atoms with Crippen molar-refractivity contribution in [2.45, 2.75) is 87.0 Å². The Hall–Kier alpha value is -1.51. The van der Waals surface area contributed by atoms with Crippen molar-refractivity contribution in [3.8, 4) is 5.75 Å². The number of benzene rings is 1. The lowest BCUT2D eigenvalue weighted by atomic mass is 9.84. The van der Waals surface area contributed by atoms with E-state index in [0.29, 0.717) is 5.92 Å². The molecule has 1 aromatic rings. The minimum atomic E-state index is -0.745. The number of methoxy groups -OCH3 is 1. The quantitative estimate of drug-likeness (QED) is 0.652. The Balaban J connectivity index is -0.000000340. The summed E-state index contributed by atoms with van der Waals surface area (Å²) in [4.78, 5) is 9.37. The van der Waals surface area contributed by atoms with Crippen molar-refractivity contribution >= 4 is 5.97 Å². The largest absolute Gasteiger partial charge is 0.497 e. The first-order chi connectivity index (χ1) is 11.6. The van der Waals surface area contributed by atoms with Crippen LogP contribution < -0.4 is 4.74 Å². The van der Waals surface area contributed by atoms with Gasteiger partial charge in [0, 0.05) is 6.42 Å². The van der Waals surface area contributed by atoms with Gasteiger partial charge in [0.15, 0.2) is 0 Å². The predicted octanol–water partition coefficient (Wildman–Crippen LogP) is 6.69. The molecule has 0 aliphatic heterocycles. The van der Waals surface area contributed by atoms with Gasteiger partial charge in [0.05, 0.1) is 7.11 Å². The molecule has 1 aliphatic carbocycles. The zero-order valence-electron chi connectivity index (χ0n) is 17.4. The third-order valence-electron chi connectivity index (χ3n) is 3.27. The van der Waals surface area contributed by atoms with Crippen LogP contribution in [0, 0.1) is 0 Å². The summed E-state index contributed by atoms with van der Waals surface area (Å²) in [6, 6.07) is 6.47. The molecule has 3 heteroatoms. The fourth-order valence-corrected chi connectivity index (χ4v) is 2.14. The van der Waals surface area contributed by atoms with E-state index in [0.717, 1.165) is 5.75 Å². The molecule has 0 saturated carbocycles. The van der Waals surface area contributed by atoms with Gasteiger partial charge in [-0.1, -0.05) is 61.5 Å². The van der Waals surface area contributed by atoms with Crippen LogP contribution in [0.1, 0.15) is 91.7 Å². The van der Waals surface area contributed by atoms with E-state index in [1.54, 1.807) is 14.0 Å². The van der Waals surface area contributed by atoms with Crippen LogP contribution in [0.25, 0.3) is 0 Å². The molecule has 1 N–H and O–H groups in total. The van der Waals surface area contributed by atoms with E-state index in [1.165, 1.54) is 30.4 Å². The third kappa shape index (κ3) is 12.0. The number of carboxylic acids is 1. The number of carbonyl (C=O) groups is 1. The molecule has 0 heterocycles. The van der Waals surface area contributed by atoms with Crippen LogP contribution >= 0.6 is 0 Å². The number of aliphatic carboxylic acids is 1. The number of rotatable bonds is 2. The molecule has 0 radical (unpaired) electrons. The molecule has 3 nitrogen and oxygen atoms in total. The molecule has 0 fully saturated rings. The summed E-state index contributed by atoms with van der Waals surface area (Å²) in [6.07, 6.45) is 4.12. The first kappa shape index (κ1) is 27.3. The van der Waals surface area contributed by atoms with Crippen LogP contribution in [0.3, 0.4) is 0 Å². The van der Waals surface area contributed by atoms with Crippen molar-refractivity contribution in [2.24, 2.45) is 0 Å². The lowest BCUT2D eigenvalue weighted by Gasteiger charge is -2.22. The highest BCUT2D eigenvalue weighted by atomic mass is 16.5. The van der Waals surface area contributed by atoms with Crippen molar-refractivity contribution in [3.63, 3.8) is 0 Å². The highest BCUT2D eigenvalue weighted by Crippen LogP contribution is 2.33. The number of fused-ring (bicyclic) bond motifs is 1. The molecule has 1 aromatic carbocycles. The average molecular weight is 341 g/mol. The van der Waals surface area contributed by atoms with Crippen molar-refractivity contribution in [1.29, 1.82) is 0 Å². The smallest absolute Gasteiger partial charge is 0.303 e. The maximum Gasteiger partial charge on any atom is 0.303 e. The van der Waals surface area contributed by atoms with E-state index in [4.69, 9.17) is 9.84 Å². The molecule has 2 rings (SSSR count). The zero-order valence-corrected chi connectivity index (χ0v) is 17.4. The predicted molar refractivity (Wildman–Crippen MR) is 106 cm³/mol. The molecule has 0 amide bonds. The second-order valence-corrected chi connectivity index (χ2v) is 4.61. The van der Waals surface area contributed by atoms with Gasteiger partial charge in [0.25, 0.3) is 0 Å². The van der Waals surface area contributed by atoms with E-state index < -0.39 is 5.97 Å². The molecule has 0 saturated heterocycles. The van der Waals surface area contributed by atoms with Gasteiger partial charge >= 0.3 is 5.97 Å². The maximum atomic E-state index is 9.37. The first-order valence-corrected chi connectivity index (χ1v) is 9.47. The van der Waals surface area contributed by atoms with Crippen LogP contribution in [0.2, 0.25) is 0 Å².